The highest BCUT2D eigenvalue weighted by molar-refractivity contribution is 7.13. The summed E-state index contributed by atoms with van der Waals surface area (Å²) in [5, 5.41) is 3.60. The molecule has 0 aliphatic heterocycles. The first-order valence-corrected chi connectivity index (χ1v) is 8.42. The van der Waals surface area contributed by atoms with Gasteiger partial charge in [0, 0.05) is 11.9 Å². The van der Waals surface area contributed by atoms with Crippen LogP contribution in [0.3, 0.4) is 0 Å². The van der Waals surface area contributed by atoms with Crippen LogP contribution in [0.15, 0.2) is 48.8 Å². The quantitative estimate of drug-likeness (QED) is 0.730. The lowest BCUT2D eigenvalue weighted by atomic mass is 10.3. The highest BCUT2D eigenvalue weighted by Crippen LogP contribution is 2.22. The van der Waals surface area contributed by atoms with Gasteiger partial charge in [-0.1, -0.05) is 0 Å². The van der Waals surface area contributed by atoms with E-state index in [1.165, 1.54) is 11.3 Å². The van der Waals surface area contributed by atoms with Crippen LogP contribution in [0, 0.1) is 6.92 Å². The molecule has 0 bridgehead atoms. The van der Waals surface area contributed by atoms with E-state index in [1.807, 2.05) is 13.0 Å². The number of aromatic nitrogens is 2. The van der Waals surface area contributed by atoms with Gasteiger partial charge in [-0.25, -0.2) is 4.98 Å². The van der Waals surface area contributed by atoms with Crippen molar-refractivity contribution in [3.8, 4) is 11.5 Å². The van der Waals surface area contributed by atoms with Crippen molar-refractivity contribution < 1.29 is 14.3 Å². The number of nitrogens with one attached hydrogen (secondary N) is 1. The van der Waals surface area contributed by atoms with E-state index in [9.17, 15) is 4.79 Å². The first-order valence-electron chi connectivity index (χ1n) is 7.60. The SMILES string of the molecule is COc1ccc(NC(=O)c2sc(COc3cccnc3)nc2C)cc1. The van der Waals surface area contributed by atoms with Gasteiger partial charge in [0.1, 0.15) is 28.0 Å². The first-order chi connectivity index (χ1) is 12.2. The highest BCUT2D eigenvalue weighted by Gasteiger charge is 2.16. The second-order valence-corrected chi connectivity index (χ2v) is 6.27. The Morgan fingerprint density at radius 3 is 2.68 bits per heavy atom. The van der Waals surface area contributed by atoms with Gasteiger partial charge in [0.05, 0.1) is 19.0 Å². The number of methoxy groups -OCH3 is 1. The third kappa shape index (κ3) is 4.33. The van der Waals surface area contributed by atoms with Gasteiger partial charge in [0.15, 0.2) is 0 Å². The van der Waals surface area contributed by atoms with E-state index in [4.69, 9.17) is 9.47 Å². The maximum Gasteiger partial charge on any atom is 0.267 e. The number of hydrogen-bond donors (Lipinski definition) is 1. The number of pyridine rings is 1. The Balaban J connectivity index is 1.65. The molecule has 0 atom stereocenters. The lowest BCUT2D eigenvalue weighted by Crippen LogP contribution is -2.11. The molecule has 1 aromatic carbocycles. The molecule has 25 heavy (non-hydrogen) atoms. The zero-order valence-corrected chi connectivity index (χ0v) is 14.7. The van der Waals surface area contributed by atoms with Gasteiger partial charge in [-0.05, 0) is 43.3 Å². The number of anilines is 1. The molecule has 0 spiro atoms. The van der Waals surface area contributed by atoms with Crippen LogP contribution in [-0.4, -0.2) is 23.0 Å². The normalized spacial score (nSPS) is 10.3. The predicted octanol–water partition coefficient (Wildman–Crippen LogP) is 3.69. The first kappa shape index (κ1) is 16.9. The van der Waals surface area contributed by atoms with Crippen LogP contribution in [0.2, 0.25) is 0 Å². The Bertz CT molecular complexity index is 848. The summed E-state index contributed by atoms with van der Waals surface area (Å²) < 4.78 is 10.7. The zero-order chi connectivity index (χ0) is 17.6. The highest BCUT2D eigenvalue weighted by atomic mass is 32.1. The van der Waals surface area contributed by atoms with Crippen LogP contribution in [0.25, 0.3) is 0 Å². The number of rotatable bonds is 6. The van der Waals surface area contributed by atoms with E-state index in [2.05, 4.69) is 15.3 Å². The predicted molar refractivity (Wildman–Crippen MR) is 96.4 cm³/mol. The Morgan fingerprint density at radius 2 is 2.00 bits per heavy atom. The summed E-state index contributed by atoms with van der Waals surface area (Å²) in [4.78, 5) is 21.4. The number of benzene rings is 1. The van der Waals surface area contributed by atoms with Crippen molar-refractivity contribution in [3.05, 3.63) is 64.4 Å². The molecule has 3 aromatic rings. The average Bonchev–Trinajstić information content (AvgIpc) is 3.02. The minimum Gasteiger partial charge on any atom is -0.497 e. The molecule has 7 heteroatoms. The fourth-order valence-electron chi connectivity index (χ4n) is 2.16. The number of carbonyl (C=O) groups is 1. The van der Waals surface area contributed by atoms with Crippen molar-refractivity contribution in [2.24, 2.45) is 0 Å². The van der Waals surface area contributed by atoms with Gasteiger partial charge < -0.3 is 14.8 Å². The maximum atomic E-state index is 12.5. The molecule has 3 rings (SSSR count). The molecule has 2 aromatic heterocycles. The molecule has 6 nitrogen and oxygen atoms in total. The van der Waals surface area contributed by atoms with Gasteiger partial charge in [0.2, 0.25) is 0 Å². The Kier molecular flexibility index (Phi) is 5.25. The van der Waals surface area contributed by atoms with Crippen LogP contribution in [-0.2, 0) is 6.61 Å². The summed E-state index contributed by atoms with van der Waals surface area (Å²) >= 11 is 1.32. The lowest BCUT2D eigenvalue weighted by Gasteiger charge is -2.05. The Labute approximate surface area is 149 Å². The van der Waals surface area contributed by atoms with Gasteiger partial charge in [-0.2, -0.15) is 0 Å². The van der Waals surface area contributed by atoms with E-state index in [-0.39, 0.29) is 5.91 Å². The van der Waals surface area contributed by atoms with Crippen LogP contribution >= 0.6 is 11.3 Å². The zero-order valence-electron chi connectivity index (χ0n) is 13.9. The molecule has 0 saturated heterocycles. The molecule has 128 valence electrons. The number of carbonyl (C=O) groups excluding carboxylic acids is 1. The average molecular weight is 355 g/mol. The molecule has 0 aliphatic carbocycles. The second-order valence-electron chi connectivity index (χ2n) is 5.18. The fraction of sp³-hybridized carbons (Fsp3) is 0.167. The van der Waals surface area contributed by atoms with Crippen LogP contribution < -0.4 is 14.8 Å². The summed E-state index contributed by atoms with van der Waals surface area (Å²) in [6, 6.07) is 10.8. The standard InChI is InChI=1S/C18H17N3O3S/c1-12-17(18(22)21-13-5-7-14(23-2)8-6-13)25-16(20-12)11-24-15-4-3-9-19-10-15/h3-10H,11H2,1-2H3,(H,21,22). The minimum atomic E-state index is -0.187. The van der Waals surface area contributed by atoms with E-state index in [0.29, 0.717) is 28.6 Å². The summed E-state index contributed by atoms with van der Waals surface area (Å²) in [6.45, 7) is 2.11. The molecule has 1 N–H and O–H groups in total. The molecule has 0 aliphatic rings. The molecular weight excluding hydrogens is 338 g/mol. The van der Waals surface area contributed by atoms with Crippen molar-refractivity contribution in [2.45, 2.75) is 13.5 Å². The van der Waals surface area contributed by atoms with Crippen molar-refractivity contribution in [1.29, 1.82) is 0 Å². The summed E-state index contributed by atoms with van der Waals surface area (Å²) in [5.74, 6) is 1.22. The van der Waals surface area contributed by atoms with Crippen LogP contribution in [0.1, 0.15) is 20.4 Å². The largest absolute Gasteiger partial charge is 0.497 e. The number of nitrogens with zero attached hydrogens (tertiary/aromatic N) is 2. The third-order valence-electron chi connectivity index (χ3n) is 3.39. The van der Waals surface area contributed by atoms with Crippen molar-refractivity contribution in [2.75, 3.05) is 12.4 Å². The monoisotopic (exact) mass is 355 g/mol. The molecular formula is C18H17N3O3S. The summed E-state index contributed by atoms with van der Waals surface area (Å²) in [5.41, 5.74) is 1.38. The van der Waals surface area contributed by atoms with Crippen LogP contribution in [0.5, 0.6) is 11.5 Å². The molecule has 2 heterocycles. The van der Waals surface area contributed by atoms with Gasteiger partial charge in [-0.15, -0.1) is 11.3 Å². The smallest absolute Gasteiger partial charge is 0.267 e. The van der Waals surface area contributed by atoms with Crippen molar-refractivity contribution >= 4 is 22.9 Å². The van der Waals surface area contributed by atoms with Gasteiger partial charge >= 0.3 is 0 Å². The van der Waals surface area contributed by atoms with Crippen molar-refractivity contribution in [1.82, 2.24) is 9.97 Å². The van der Waals surface area contributed by atoms with Crippen molar-refractivity contribution in [3.63, 3.8) is 0 Å². The molecule has 0 unspecified atom stereocenters. The summed E-state index contributed by atoms with van der Waals surface area (Å²) in [6.07, 6.45) is 3.32. The second kappa shape index (κ2) is 7.76. The summed E-state index contributed by atoms with van der Waals surface area (Å²) in [7, 11) is 1.60. The Hall–Kier alpha value is -2.93. The number of thiazole rings is 1. The van der Waals surface area contributed by atoms with E-state index in [1.54, 1.807) is 49.8 Å². The molecule has 0 radical (unpaired) electrons. The number of aryl methyl sites for hydroxylation is 1. The number of ether oxygens (including phenoxy) is 2. The minimum absolute atomic E-state index is 0.187. The van der Waals surface area contributed by atoms with Gasteiger partial charge in [-0.3, -0.25) is 9.78 Å². The Morgan fingerprint density at radius 1 is 1.20 bits per heavy atom. The lowest BCUT2D eigenvalue weighted by molar-refractivity contribution is 0.103. The third-order valence-corrected chi connectivity index (χ3v) is 4.52. The van der Waals surface area contributed by atoms with E-state index >= 15 is 0 Å². The molecule has 0 fully saturated rings. The van der Waals surface area contributed by atoms with E-state index in [0.717, 1.165) is 10.8 Å². The molecule has 1 amide bonds. The molecule has 0 saturated carbocycles. The maximum absolute atomic E-state index is 12.5. The number of amides is 1. The van der Waals surface area contributed by atoms with Gasteiger partial charge in [0.25, 0.3) is 5.91 Å². The van der Waals surface area contributed by atoms with E-state index < -0.39 is 0 Å². The number of hydrogen-bond acceptors (Lipinski definition) is 6. The topological polar surface area (TPSA) is 73.3 Å². The van der Waals surface area contributed by atoms with Crippen LogP contribution in [0.4, 0.5) is 5.69 Å². The fourth-order valence-corrected chi connectivity index (χ4v) is 3.04.